The first kappa shape index (κ1) is 17.2. The summed E-state index contributed by atoms with van der Waals surface area (Å²) in [5.41, 5.74) is 0.381. The van der Waals surface area contributed by atoms with Gasteiger partial charge in [-0.15, -0.1) is 0 Å². The number of hydrogen-bond donors (Lipinski definition) is 3. The monoisotopic (exact) mass is 320 g/mol. The normalized spacial score (nSPS) is 10.8. The Balaban J connectivity index is 2.61. The Morgan fingerprint density at radius 1 is 1.15 bits per heavy atom. The standard InChI is InChI=1S/C13H18Cl2N2O3/c14-10-3-1-4-11(15)13(10)16-12(20)9-17(6-8-19)5-2-7-18/h1,3-4,18-19H,2,5-9H2,(H,16,20). The van der Waals surface area contributed by atoms with Gasteiger partial charge in [0.05, 0.1) is 28.9 Å². The molecule has 0 unspecified atom stereocenters. The van der Waals surface area contributed by atoms with Crippen molar-refractivity contribution in [3.05, 3.63) is 28.2 Å². The molecular formula is C13H18Cl2N2O3. The van der Waals surface area contributed by atoms with Crippen LogP contribution in [0.1, 0.15) is 6.42 Å². The second-order valence-corrected chi connectivity index (χ2v) is 5.04. The third kappa shape index (κ3) is 5.64. The van der Waals surface area contributed by atoms with E-state index in [1.54, 1.807) is 23.1 Å². The molecule has 0 spiro atoms. The van der Waals surface area contributed by atoms with Gasteiger partial charge in [0.25, 0.3) is 0 Å². The number of nitrogens with one attached hydrogen (secondary N) is 1. The lowest BCUT2D eigenvalue weighted by molar-refractivity contribution is -0.117. The molecule has 3 N–H and O–H groups in total. The lowest BCUT2D eigenvalue weighted by Gasteiger charge is -2.20. The van der Waals surface area contributed by atoms with Gasteiger partial charge >= 0.3 is 0 Å². The van der Waals surface area contributed by atoms with E-state index < -0.39 is 0 Å². The van der Waals surface area contributed by atoms with Gasteiger partial charge in [0.2, 0.25) is 5.91 Å². The second-order valence-electron chi connectivity index (χ2n) is 4.22. The van der Waals surface area contributed by atoms with E-state index in [9.17, 15) is 4.79 Å². The predicted molar refractivity (Wildman–Crippen MR) is 80.3 cm³/mol. The van der Waals surface area contributed by atoms with E-state index in [4.69, 9.17) is 33.4 Å². The van der Waals surface area contributed by atoms with E-state index in [0.29, 0.717) is 35.2 Å². The Labute approximate surface area is 128 Å². The summed E-state index contributed by atoms with van der Waals surface area (Å²) >= 11 is 11.9. The number of rotatable bonds is 8. The van der Waals surface area contributed by atoms with E-state index in [1.807, 2.05) is 0 Å². The minimum Gasteiger partial charge on any atom is -0.396 e. The summed E-state index contributed by atoms with van der Waals surface area (Å²) in [5, 5.41) is 21.1. The number of carbonyl (C=O) groups is 1. The maximum Gasteiger partial charge on any atom is 0.238 e. The molecule has 0 saturated carbocycles. The van der Waals surface area contributed by atoms with Crippen LogP contribution in [-0.4, -0.2) is 53.9 Å². The number of amides is 1. The molecule has 0 aliphatic carbocycles. The molecule has 20 heavy (non-hydrogen) atoms. The van der Waals surface area contributed by atoms with Crippen LogP contribution in [0.3, 0.4) is 0 Å². The zero-order valence-corrected chi connectivity index (χ0v) is 12.5. The SMILES string of the molecule is O=C(CN(CCO)CCCO)Nc1c(Cl)cccc1Cl. The molecule has 5 nitrogen and oxygen atoms in total. The molecule has 1 amide bonds. The summed E-state index contributed by atoms with van der Waals surface area (Å²) < 4.78 is 0. The fourth-order valence-corrected chi connectivity index (χ4v) is 2.20. The first-order chi connectivity index (χ1) is 9.58. The minimum atomic E-state index is -0.272. The van der Waals surface area contributed by atoms with Crippen molar-refractivity contribution in [2.45, 2.75) is 6.42 Å². The highest BCUT2D eigenvalue weighted by Gasteiger charge is 2.13. The van der Waals surface area contributed by atoms with Crippen LogP contribution < -0.4 is 5.32 Å². The van der Waals surface area contributed by atoms with Gasteiger partial charge in [0.1, 0.15) is 0 Å². The number of hydrogen-bond acceptors (Lipinski definition) is 4. The van der Waals surface area contributed by atoms with Crippen molar-refractivity contribution in [3.63, 3.8) is 0 Å². The molecule has 1 aromatic carbocycles. The number of para-hydroxylation sites is 1. The zero-order valence-electron chi connectivity index (χ0n) is 11.0. The summed E-state index contributed by atoms with van der Waals surface area (Å²) in [6.07, 6.45) is 0.542. The van der Waals surface area contributed by atoms with Gasteiger partial charge in [-0.1, -0.05) is 29.3 Å². The van der Waals surface area contributed by atoms with Crippen molar-refractivity contribution in [3.8, 4) is 0 Å². The molecule has 0 aromatic heterocycles. The zero-order chi connectivity index (χ0) is 15.0. The Hall–Kier alpha value is -0.850. The molecule has 0 heterocycles. The largest absolute Gasteiger partial charge is 0.396 e. The third-order valence-corrected chi connectivity index (χ3v) is 3.27. The number of halogens is 2. The van der Waals surface area contributed by atoms with Gasteiger partial charge in [-0.2, -0.15) is 0 Å². The molecule has 0 radical (unpaired) electrons. The van der Waals surface area contributed by atoms with E-state index in [2.05, 4.69) is 5.32 Å². The van der Waals surface area contributed by atoms with E-state index in [-0.39, 0.29) is 25.7 Å². The number of carbonyl (C=O) groups excluding carboxylic acids is 1. The van der Waals surface area contributed by atoms with Gasteiger partial charge in [0, 0.05) is 19.7 Å². The van der Waals surface area contributed by atoms with Crippen LogP contribution in [0.2, 0.25) is 10.0 Å². The van der Waals surface area contributed by atoms with Crippen molar-refractivity contribution < 1.29 is 15.0 Å². The smallest absolute Gasteiger partial charge is 0.238 e. The van der Waals surface area contributed by atoms with E-state index >= 15 is 0 Å². The molecule has 0 aliphatic heterocycles. The average Bonchev–Trinajstić information content (AvgIpc) is 2.40. The lowest BCUT2D eigenvalue weighted by Crippen LogP contribution is -2.36. The van der Waals surface area contributed by atoms with Gasteiger partial charge < -0.3 is 15.5 Å². The maximum absolute atomic E-state index is 12.0. The fraction of sp³-hybridized carbons (Fsp3) is 0.462. The van der Waals surface area contributed by atoms with E-state index in [1.165, 1.54) is 0 Å². The number of nitrogens with zero attached hydrogens (tertiary/aromatic N) is 1. The first-order valence-corrected chi connectivity index (χ1v) is 7.02. The number of benzene rings is 1. The Bertz CT molecular complexity index is 423. The van der Waals surface area contributed by atoms with Crippen LogP contribution >= 0.6 is 23.2 Å². The highest BCUT2D eigenvalue weighted by atomic mass is 35.5. The molecule has 112 valence electrons. The predicted octanol–water partition coefficient (Wildman–Crippen LogP) is 1.61. The number of aliphatic hydroxyl groups is 2. The van der Waals surface area contributed by atoms with Crippen molar-refractivity contribution in [2.24, 2.45) is 0 Å². The van der Waals surface area contributed by atoms with Gasteiger partial charge in [-0.05, 0) is 18.6 Å². The Kier molecular flexibility index (Phi) is 7.87. The van der Waals surface area contributed by atoms with Crippen molar-refractivity contribution >= 4 is 34.8 Å². The quantitative estimate of drug-likeness (QED) is 0.680. The number of anilines is 1. The van der Waals surface area contributed by atoms with Gasteiger partial charge in [-0.3, -0.25) is 9.69 Å². The molecule has 0 aliphatic rings. The second kappa shape index (κ2) is 9.15. The fourth-order valence-electron chi connectivity index (χ4n) is 1.70. The average molecular weight is 321 g/mol. The highest BCUT2D eigenvalue weighted by Crippen LogP contribution is 2.29. The van der Waals surface area contributed by atoms with Crippen molar-refractivity contribution in [1.29, 1.82) is 0 Å². The van der Waals surface area contributed by atoms with Crippen LogP contribution in [0, 0.1) is 0 Å². The van der Waals surface area contributed by atoms with E-state index in [0.717, 1.165) is 0 Å². The van der Waals surface area contributed by atoms with Crippen LogP contribution in [-0.2, 0) is 4.79 Å². The summed E-state index contributed by atoms with van der Waals surface area (Å²) in [6.45, 7) is 0.984. The summed E-state index contributed by atoms with van der Waals surface area (Å²) in [6, 6.07) is 4.97. The molecule has 0 saturated heterocycles. The third-order valence-electron chi connectivity index (χ3n) is 2.64. The van der Waals surface area contributed by atoms with Crippen LogP contribution in [0.25, 0.3) is 0 Å². The molecule has 1 rings (SSSR count). The summed E-state index contributed by atoms with van der Waals surface area (Å²) in [5.74, 6) is -0.272. The van der Waals surface area contributed by atoms with Crippen molar-refractivity contribution in [1.82, 2.24) is 4.90 Å². The van der Waals surface area contributed by atoms with Crippen LogP contribution in [0.5, 0.6) is 0 Å². The van der Waals surface area contributed by atoms with Crippen LogP contribution in [0.4, 0.5) is 5.69 Å². The first-order valence-electron chi connectivity index (χ1n) is 6.26. The summed E-state index contributed by atoms with van der Waals surface area (Å²) in [7, 11) is 0. The van der Waals surface area contributed by atoms with Gasteiger partial charge in [0.15, 0.2) is 0 Å². The lowest BCUT2D eigenvalue weighted by atomic mass is 10.3. The molecule has 0 fully saturated rings. The van der Waals surface area contributed by atoms with Crippen molar-refractivity contribution in [2.75, 3.05) is 38.2 Å². The molecule has 1 aromatic rings. The molecule has 0 atom stereocenters. The minimum absolute atomic E-state index is 0.0416. The molecule has 0 bridgehead atoms. The highest BCUT2D eigenvalue weighted by molar-refractivity contribution is 6.39. The number of aliphatic hydroxyl groups excluding tert-OH is 2. The summed E-state index contributed by atoms with van der Waals surface area (Å²) in [4.78, 5) is 13.7. The molecular weight excluding hydrogens is 303 g/mol. The Morgan fingerprint density at radius 2 is 1.80 bits per heavy atom. The molecule has 7 heteroatoms. The Morgan fingerprint density at radius 3 is 2.35 bits per heavy atom. The van der Waals surface area contributed by atoms with Crippen LogP contribution in [0.15, 0.2) is 18.2 Å². The topological polar surface area (TPSA) is 72.8 Å². The maximum atomic E-state index is 12.0. The van der Waals surface area contributed by atoms with Gasteiger partial charge in [-0.25, -0.2) is 0 Å².